The summed E-state index contributed by atoms with van der Waals surface area (Å²) < 4.78 is 2.04. The molecule has 0 saturated heterocycles. The zero-order chi connectivity index (χ0) is 16.0. The molecule has 1 heterocycles. The number of rotatable bonds is 9. The van der Waals surface area contributed by atoms with Crippen molar-refractivity contribution < 1.29 is 0 Å². The van der Waals surface area contributed by atoms with Crippen LogP contribution in [-0.2, 0) is 19.9 Å². The van der Waals surface area contributed by atoms with Crippen molar-refractivity contribution in [1.82, 2.24) is 20.0 Å². The summed E-state index contributed by atoms with van der Waals surface area (Å²) in [5, 5.41) is 8.15. The van der Waals surface area contributed by atoms with Crippen LogP contribution in [0, 0.1) is 0 Å². The van der Waals surface area contributed by atoms with Crippen molar-refractivity contribution in [3.05, 3.63) is 17.5 Å². The Hall–Kier alpha value is -0.870. The van der Waals surface area contributed by atoms with E-state index in [0.717, 1.165) is 32.4 Å². The molecule has 0 amide bonds. The Morgan fingerprint density at radius 3 is 2.29 bits per heavy atom. The highest BCUT2D eigenvalue weighted by Gasteiger charge is 2.36. The number of nitrogens with one attached hydrogen (secondary N) is 1. The highest BCUT2D eigenvalue weighted by molar-refractivity contribution is 5.13. The lowest BCUT2D eigenvalue weighted by Gasteiger charge is -2.45. The van der Waals surface area contributed by atoms with Crippen LogP contribution in [0.15, 0.2) is 6.07 Å². The lowest BCUT2D eigenvalue weighted by atomic mass is 9.84. The number of nitrogens with zero attached hydrogens (tertiary/aromatic N) is 3. The summed E-state index contributed by atoms with van der Waals surface area (Å²) in [5.41, 5.74) is 2.66. The summed E-state index contributed by atoms with van der Waals surface area (Å²) in [4.78, 5) is 2.57. The van der Waals surface area contributed by atoms with Crippen molar-refractivity contribution >= 4 is 0 Å². The maximum Gasteiger partial charge on any atom is 0.0624 e. The molecule has 0 fully saturated rings. The van der Waals surface area contributed by atoms with E-state index in [9.17, 15) is 0 Å². The Morgan fingerprint density at radius 1 is 1.29 bits per heavy atom. The maximum atomic E-state index is 4.58. The molecular formula is C17H34N4. The predicted octanol–water partition coefficient (Wildman–Crippen LogP) is 2.62. The van der Waals surface area contributed by atoms with Gasteiger partial charge in [0.1, 0.15) is 0 Å². The van der Waals surface area contributed by atoms with E-state index in [1.807, 2.05) is 4.68 Å². The highest BCUT2D eigenvalue weighted by Crippen LogP contribution is 2.26. The molecule has 1 aromatic rings. The first-order valence-corrected chi connectivity index (χ1v) is 8.40. The summed E-state index contributed by atoms with van der Waals surface area (Å²) in [7, 11) is 4.14. The molecule has 0 aliphatic heterocycles. The van der Waals surface area contributed by atoms with Gasteiger partial charge < -0.3 is 5.32 Å². The number of hydrogen-bond acceptors (Lipinski definition) is 3. The second kappa shape index (κ2) is 7.95. The number of hydrogen-bond donors (Lipinski definition) is 1. The largest absolute Gasteiger partial charge is 0.315 e. The average molecular weight is 294 g/mol. The Labute approximate surface area is 130 Å². The van der Waals surface area contributed by atoms with E-state index >= 15 is 0 Å². The third-order valence-corrected chi connectivity index (χ3v) is 5.10. The molecule has 21 heavy (non-hydrogen) atoms. The number of aromatic nitrogens is 2. The van der Waals surface area contributed by atoms with E-state index in [4.69, 9.17) is 0 Å². The monoisotopic (exact) mass is 294 g/mol. The van der Waals surface area contributed by atoms with Crippen LogP contribution in [-0.4, -0.2) is 46.4 Å². The quantitative estimate of drug-likeness (QED) is 0.760. The number of aryl methyl sites for hydroxylation is 2. The van der Waals surface area contributed by atoms with Gasteiger partial charge in [-0.15, -0.1) is 0 Å². The van der Waals surface area contributed by atoms with Crippen LogP contribution in [0.25, 0.3) is 0 Å². The summed E-state index contributed by atoms with van der Waals surface area (Å²) in [6.07, 6.45) is 3.15. The van der Waals surface area contributed by atoms with Gasteiger partial charge in [0.15, 0.2) is 0 Å². The summed E-state index contributed by atoms with van der Waals surface area (Å²) in [6.45, 7) is 13.5. The molecule has 4 heteroatoms. The third-order valence-electron chi connectivity index (χ3n) is 5.10. The molecule has 0 aliphatic rings. The second-order valence-electron chi connectivity index (χ2n) is 6.03. The van der Waals surface area contributed by atoms with E-state index in [1.165, 1.54) is 11.4 Å². The predicted molar refractivity (Wildman–Crippen MR) is 90.8 cm³/mol. The van der Waals surface area contributed by atoms with Gasteiger partial charge in [-0.05, 0) is 46.0 Å². The fourth-order valence-electron chi connectivity index (χ4n) is 3.41. The van der Waals surface area contributed by atoms with Gasteiger partial charge in [-0.3, -0.25) is 9.58 Å². The second-order valence-corrected chi connectivity index (χ2v) is 6.03. The number of likely N-dealkylation sites (N-methyl/N-ethyl adjacent to an activating group) is 2. The summed E-state index contributed by atoms with van der Waals surface area (Å²) in [5.74, 6) is 0. The van der Waals surface area contributed by atoms with Crippen LogP contribution in [0.4, 0.5) is 0 Å². The van der Waals surface area contributed by atoms with Crippen molar-refractivity contribution in [2.75, 3.05) is 20.1 Å². The fourth-order valence-corrected chi connectivity index (χ4v) is 3.41. The van der Waals surface area contributed by atoms with Crippen molar-refractivity contribution in [3.8, 4) is 0 Å². The van der Waals surface area contributed by atoms with Gasteiger partial charge in [0.25, 0.3) is 0 Å². The molecule has 1 aromatic heterocycles. The highest BCUT2D eigenvalue weighted by atomic mass is 15.3. The maximum absolute atomic E-state index is 4.58. The van der Waals surface area contributed by atoms with Crippen molar-refractivity contribution in [3.63, 3.8) is 0 Å². The van der Waals surface area contributed by atoms with Gasteiger partial charge in [0.05, 0.1) is 5.69 Å². The lowest BCUT2D eigenvalue weighted by Crippen LogP contribution is -2.59. The molecule has 1 N–H and O–H groups in total. The zero-order valence-corrected chi connectivity index (χ0v) is 15.0. The van der Waals surface area contributed by atoms with E-state index in [0.29, 0.717) is 6.04 Å². The molecule has 1 rings (SSSR count). The van der Waals surface area contributed by atoms with E-state index in [-0.39, 0.29) is 5.54 Å². The third kappa shape index (κ3) is 3.86. The summed E-state index contributed by atoms with van der Waals surface area (Å²) >= 11 is 0. The van der Waals surface area contributed by atoms with Crippen molar-refractivity contribution in [2.45, 2.75) is 65.5 Å². The van der Waals surface area contributed by atoms with Crippen LogP contribution in [0.1, 0.15) is 52.4 Å². The first kappa shape index (κ1) is 18.2. The summed E-state index contributed by atoms with van der Waals surface area (Å²) in [6, 6.07) is 2.67. The SMILES string of the molecule is CCc1cc(CC(NC)C(C)(CC)N(CC)CC)n(C)n1. The minimum absolute atomic E-state index is 0.162. The van der Waals surface area contributed by atoms with Crippen molar-refractivity contribution in [1.29, 1.82) is 0 Å². The van der Waals surface area contributed by atoms with Crippen LogP contribution < -0.4 is 5.32 Å². The molecule has 122 valence electrons. The molecular weight excluding hydrogens is 260 g/mol. The molecule has 0 radical (unpaired) electrons. The standard InChI is InChI=1S/C17H34N4/c1-8-14-12-15(20(7)19-14)13-16(18-6)17(5,9-2)21(10-3)11-4/h12,16,18H,8-11,13H2,1-7H3. The van der Waals surface area contributed by atoms with Crippen LogP contribution in [0.3, 0.4) is 0 Å². The Kier molecular flexibility index (Phi) is 6.88. The Morgan fingerprint density at radius 2 is 1.90 bits per heavy atom. The average Bonchev–Trinajstić information content (AvgIpc) is 2.85. The smallest absolute Gasteiger partial charge is 0.0624 e. The van der Waals surface area contributed by atoms with E-state index in [1.54, 1.807) is 0 Å². The Bertz CT molecular complexity index is 422. The van der Waals surface area contributed by atoms with Crippen LogP contribution in [0.5, 0.6) is 0 Å². The van der Waals surface area contributed by atoms with Gasteiger partial charge in [-0.25, -0.2) is 0 Å². The minimum atomic E-state index is 0.162. The molecule has 0 aromatic carbocycles. The van der Waals surface area contributed by atoms with Gasteiger partial charge in [-0.2, -0.15) is 5.10 Å². The van der Waals surface area contributed by atoms with Gasteiger partial charge >= 0.3 is 0 Å². The van der Waals surface area contributed by atoms with Gasteiger partial charge in [-0.1, -0.05) is 27.7 Å². The van der Waals surface area contributed by atoms with Gasteiger partial charge in [0.2, 0.25) is 0 Å². The van der Waals surface area contributed by atoms with Crippen LogP contribution in [0.2, 0.25) is 0 Å². The Balaban J connectivity index is 3.01. The molecule has 0 aliphatic carbocycles. The van der Waals surface area contributed by atoms with E-state index < -0.39 is 0 Å². The zero-order valence-electron chi connectivity index (χ0n) is 15.0. The van der Waals surface area contributed by atoms with E-state index in [2.05, 4.69) is 70.1 Å². The lowest BCUT2D eigenvalue weighted by molar-refractivity contribution is 0.0723. The minimum Gasteiger partial charge on any atom is -0.315 e. The fraction of sp³-hybridized carbons (Fsp3) is 0.824. The topological polar surface area (TPSA) is 33.1 Å². The molecule has 0 saturated carbocycles. The normalized spacial score (nSPS) is 16.2. The first-order chi connectivity index (χ1) is 9.96. The van der Waals surface area contributed by atoms with Crippen molar-refractivity contribution in [2.24, 2.45) is 7.05 Å². The first-order valence-electron chi connectivity index (χ1n) is 8.40. The van der Waals surface area contributed by atoms with Crippen LogP contribution >= 0.6 is 0 Å². The molecule has 4 nitrogen and oxygen atoms in total. The molecule has 0 bridgehead atoms. The molecule has 0 spiro atoms. The van der Waals surface area contributed by atoms with Gasteiger partial charge in [0, 0.05) is 30.7 Å². The molecule has 2 atom stereocenters. The molecule has 2 unspecified atom stereocenters.